The number of halogens is 4. The molecule has 33 heavy (non-hydrogen) atoms. The molecule has 0 saturated heterocycles. The summed E-state index contributed by atoms with van der Waals surface area (Å²) in [5.41, 5.74) is -1.30. The van der Waals surface area contributed by atoms with Gasteiger partial charge in [-0.25, -0.2) is 12.8 Å². The van der Waals surface area contributed by atoms with Gasteiger partial charge in [-0.15, -0.1) is 0 Å². The van der Waals surface area contributed by atoms with Crippen LogP contribution in [0.25, 0.3) is 0 Å². The highest BCUT2D eigenvalue weighted by molar-refractivity contribution is 7.92. The SMILES string of the molecule is CCOc1ccc(S(=O)(=O)Nc2ccc(C(F)(F)F)cc2)cc1NC(=O)c1ccccc1F. The maximum atomic E-state index is 13.9. The molecule has 0 atom stereocenters. The van der Waals surface area contributed by atoms with E-state index in [1.165, 1.54) is 30.3 Å². The lowest BCUT2D eigenvalue weighted by Gasteiger charge is -2.15. The van der Waals surface area contributed by atoms with E-state index in [9.17, 15) is 30.8 Å². The van der Waals surface area contributed by atoms with Crippen molar-refractivity contribution in [3.05, 3.63) is 83.7 Å². The Labute approximate surface area is 187 Å². The standard InChI is InChI=1S/C22H18F4N2O4S/c1-2-32-20-12-11-16(13-19(20)27-21(29)17-5-3-4-6-18(17)23)33(30,31)28-15-9-7-14(8-10-15)22(24,25)26/h3-13,28H,2H2,1H3,(H,27,29). The highest BCUT2D eigenvalue weighted by atomic mass is 32.2. The topological polar surface area (TPSA) is 84.5 Å². The molecule has 0 bridgehead atoms. The Morgan fingerprint density at radius 3 is 2.27 bits per heavy atom. The van der Waals surface area contributed by atoms with E-state index in [1.54, 1.807) is 6.92 Å². The smallest absolute Gasteiger partial charge is 0.416 e. The van der Waals surface area contributed by atoms with E-state index in [0.717, 1.165) is 36.4 Å². The molecule has 0 aliphatic rings. The Morgan fingerprint density at radius 1 is 1.00 bits per heavy atom. The molecule has 0 radical (unpaired) electrons. The van der Waals surface area contributed by atoms with E-state index < -0.39 is 33.5 Å². The molecule has 0 aromatic heterocycles. The van der Waals surface area contributed by atoms with E-state index >= 15 is 0 Å². The first-order chi connectivity index (χ1) is 15.5. The molecule has 3 aromatic carbocycles. The lowest BCUT2D eigenvalue weighted by Crippen LogP contribution is -2.17. The Hall–Kier alpha value is -3.60. The van der Waals surface area contributed by atoms with Gasteiger partial charge in [0, 0.05) is 5.69 Å². The molecule has 11 heteroatoms. The Balaban J connectivity index is 1.89. The Bertz CT molecular complexity index is 1260. The van der Waals surface area contributed by atoms with Crippen LogP contribution in [-0.4, -0.2) is 20.9 Å². The third kappa shape index (κ3) is 5.80. The van der Waals surface area contributed by atoms with Gasteiger partial charge >= 0.3 is 6.18 Å². The zero-order valence-corrected chi connectivity index (χ0v) is 17.9. The van der Waals surface area contributed by atoms with Crippen molar-refractivity contribution in [3.8, 4) is 5.75 Å². The third-order valence-electron chi connectivity index (χ3n) is 4.39. The van der Waals surface area contributed by atoms with Crippen molar-refractivity contribution in [2.75, 3.05) is 16.6 Å². The third-order valence-corrected chi connectivity index (χ3v) is 5.77. The minimum Gasteiger partial charge on any atom is -0.492 e. The fraction of sp³-hybridized carbons (Fsp3) is 0.136. The molecule has 0 fully saturated rings. The van der Waals surface area contributed by atoms with Gasteiger partial charge in [0.05, 0.1) is 28.3 Å². The monoisotopic (exact) mass is 482 g/mol. The highest BCUT2D eigenvalue weighted by Gasteiger charge is 2.30. The van der Waals surface area contributed by atoms with Gasteiger partial charge in [0.2, 0.25) is 0 Å². The van der Waals surface area contributed by atoms with E-state index in [4.69, 9.17) is 4.74 Å². The van der Waals surface area contributed by atoms with Crippen molar-refractivity contribution in [2.24, 2.45) is 0 Å². The van der Waals surface area contributed by atoms with Gasteiger partial charge in [-0.2, -0.15) is 13.2 Å². The largest absolute Gasteiger partial charge is 0.492 e. The van der Waals surface area contributed by atoms with E-state index in [0.29, 0.717) is 0 Å². The number of rotatable bonds is 7. The summed E-state index contributed by atoms with van der Waals surface area (Å²) in [4.78, 5) is 12.2. The van der Waals surface area contributed by atoms with Gasteiger partial charge in [-0.1, -0.05) is 12.1 Å². The van der Waals surface area contributed by atoms with E-state index in [1.807, 2.05) is 0 Å². The first-order valence-electron chi connectivity index (χ1n) is 9.54. The number of hydrogen-bond acceptors (Lipinski definition) is 4. The summed E-state index contributed by atoms with van der Waals surface area (Å²) in [5, 5.41) is 2.43. The van der Waals surface area contributed by atoms with Crippen LogP contribution >= 0.6 is 0 Å². The van der Waals surface area contributed by atoms with Crippen molar-refractivity contribution in [3.63, 3.8) is 0 Å². The summed E-state index contributed by atoms with van der Waals surface area (Å²) < 4.78 is 85.2. The predicted molar refractivity (Wildman–Crippen MR) is 114 cm³/mol. The second kappa shape index (κ2) is 9.49. The maximum Gasteiger partial charge on any atom is 0.416 e. The van der Waals surface area contributed by atoms with Gasteiger partial charge < -0.3 is 10.1 Å². The Kier molecular flexibility index (Phi) is 6.92. The van der Waals surface area contributed by atoms with Crippen LogP contribution in [-0.2, 0) is 16.2 Å². The van der Waals surface area contributed by atoms with Gasteiger partial charge in [0.25, 0.3) is 15.9 Å². The van der Waals surface area contributed by atoms with E-state index in [2.05, 4.69) is 10.0 Å². The number of anilines is 2. The summed E-state index contributed by atoms with van der Waals surface area (Å²) in [6.07, 6.45) is -4.56. The molecule has 174 valence electrons. The molecule has 1 amide bonds. The zero-order chi connectivity index (χ0) is 24.2. The lowest BCUT2D eigenvalue weighted by atomic mass is 10.2. The van der Waals surface area contributed by atoms with Crippen molar-refractivity contribution in [1.29, 1.82) is 0 Å². The van der Waals surface area contributed by atoms with Crippen molar-refractivity contribution in [1.82, 2.24) is 0 Å². The molecule has 6 nitrogen and oxygen atoms in total. The molecule has 3 rings (SSSR count). The van der Waals surface area contributed by atoms with Crippen molar-refractivity contribution < 1.29 is 35.5 Å². The molecule has 0 aliphatic carbocycles. The van der Waals surface area contributed by atoms with Crippen LogP contribution in [0.5, 0.6) is 5.75 Å². The fourth-order valence-electron chi connectivity index (χ4n) is 2.83. The van der Waals surface area contributed by atoms with Gasteiger partial charge in [-0.05, 0) is 61.5 Å². The van der Waals surface area contributed by atoms with Crippen LogP contribution in [0.2, 0.25) is 0 Å². The number of carbonyl (C=O) groups excluding carboxylic acids is 1. The number of alkyl halides is 3. The quantitative estimate of drug-likeness (QED) is 0.448. The second-order valence-electron chi connectivity index (χ2n) is 6.71. The van der Waals surface area contributed by atoms with Gasteiger partial charge in [0.15, 0.2) is 0 Å². The van der Waals surface area contributed by atoms with Crippen LogP contribution in [0.15, 0.2) is 71.6 Å². The van der Waals surface area contributed by atoms with Gasteiger partial charge in [0.1, 0.15) is 11.6 Å². The van der Waals surface area contributed by atoms with Crippen LogP contribution in [0.1, 0.15) is 22.8 Å². The number of nitrogens with one attached hydrogen (secondary N) is 2. The molecule has 0 unspecified atom stereocenters. The molecule has 0 heterocycles. The van der Waals surface area contributed by atoms with Crippen LogP contribution in [0.4, 0.5) is 28.9 Å². The fourth-order valence-corrected chi connectivity index (χ4v) is 3.92. The van der Waals surface area contributed by atoms with Crippen LogP contribution in [0.3, 0.4) is 0 Å². The molecular formula is C22H18F4N2O4S. The highest BCUT2D eigenvalue weighted by Crippen LogP contribution is 2.32. The second-order valence-corrected chi connectivity index (χ2v) is 8.39. The van der Waals surface area contributed by atoms with Crippen LogP contribution < -0.4 is 14.8 Å². The Morgan fingerprint density at radius 2 is 1.67 bits per heavy atom. The zero-order valence-electron chi connectivity index (χ0n) is 17.1. The molecule has 3 aromatic rings. The van der Waals surface area contributed by atoms with E-state index in [-0.39, 0.29) is 34.2 Å². The maximum absolute atomic E-state index is 13.9. The minimum atomic E-state index is -4.56. The summed E-state index contributed by atoms with van der Waals surface area (Å²) in [7, 11) is -4.24. The molecule has 0 spiro atoms. The molecule has 0 saturated carbocycles. The molecular weight excluding hydrogens is 464 g/mol. The normalized spacial score (nSPS) is 11.7. The van der Waals surface area contributed by atoms with Crippen LogP contribution in [0, 0.1) is 5.82 Å². The lowest BCUT2D eigenvalue weighted by molar-refractivity contribution is -0.137. The number of carbonyl (C=O) groups is 1. The predicted octanol–water partition coefficient (Wildman–Crippen LogP) is 5.30. The minimum absolute atomic E-state index is 0.0274. The number of ether oxygens (including phenoxy) is 1. The first-order valence-corrected chi connectivity index (χ1v) is 11.0. The molecule has 0 aliphatic heterocycles. The number of amides is 1. The van der Waals surface area contributed by atoms with Crippen molar-refractivity contribution >= 4 is 27.3 Å². The summed E-state index contributed by atoms with van der Waals surface area (Å²) in [6.45, 7) is 1.89. The van der Waals surface area contributed by atoms with Crippen molar-refractivity contribution in [2.45, 2.75) is 18.0 Å². The number of benzene rings is 3. The summed E-state index contributed by atoms with van der Waals surface area (Å²) in [5.74, 6) is -1.43. The number of sulfonamides is 1. The molecule has 2 N–H and O–H groups in total. The average molecular weight is 482 g/mol. The summed E-state index contributed by atoms with van der Waals surface area (Å²) in [6, 6.07) is 12.3. The number of hydrogen-bond donors (Lipinski definition) is 2. The first kappa shape index (κ1) is 24.1. The summed E-state index contributed by atoms with van der Waals surface area (Å²) >= 11 is 0. The van der Waals surface area contributed by atoms with Gasteiger partial charge in [-0.3, -0.25) is 9.52 Å². The average Bonchev–Trinajstić information content (AvgIpc) is 2.74.